The van der Waals surface area contributed by atoms with Gasteiger partial charge in [-0.1, -0.05) is 24.3 Å². The van der Waals surface area contributed by atoms with Crippen molar-refractivity contribution >= 4 is 11.9 Å². The van der Waals surface area contributed by atoms with Gasteiger partial charge in [0.1, 0.15) is 0 Å². The van der Waals surface area contributed by atoms with Gasteiger partial charge in [0.05, 0.1) is 46.1 Å². The monoisotopic (exact) mass is 492 g/mol. The Kier molecular flexibility index (Phi) is 12.4. The van der Waals surface area contributed by atoms with Gasteiger partial charge in [-0.2, -0.15) is 0 Å². The van der Waals surface area contributed by atoms with E-state index in [0.717, 1.165) is 34.9 Å². The maximum atomic E-state index is 10.2. The molecular weight excluding hydrogens is 475 g/mol. The average Bonchev–Trinajstić information content (AvgIpc) is 2.81. The van der Waals surface area contributed by atoms with Crippen LogP contribution in [0.3, 0.4) is 0 Å². The van der Waals surface area contributed by atoms with E-state index in [2.05, 4.69) is 19.9 Å². The SMILES string of the molecule is O.O.O=C([O-])c1cccc(C(=O)[O-])n1.[Ni+2].c1ccc(-c2cccc(-c3ccccn3)n2)nc1. The second kappa shape index (κ2) is 14.1. The minimum absolute atomic E-state index is 0. The van der Waals surface area contributed by atoms with Crippen LogP contribution in [0.4, 0.5) is 0 Å². The molecule has 0 aliphatic carbocycles. The number of hydrogen-bond donors (Lipinski definition) is 0. The van der Waals surface area contributed by atoms with Gasteiger partial charge < -0.3 is 30.8 Å². The summed E-state index contributed by atoms with van der Waals surface area (Å²) < 4.78 is 0. The summed E-state index contributed by atoms with van der Waals surface area (Å²) in [5.41, 5.74) is 2.62. The largest absolute Gasteiger partial charge is 2.00 e. The van der Waals surface area contributed by atoms with E-state index in [1.54, 1.807) is 12.4 Å². The van der Waals surface area contributed by atoms with Crippen LogP contribution in [0.25, 0.3) is 22.8 Å². The maximum Gasteiger partial charge on any atom is 2.00 e. The summed E-state index contributed by atoms with van der Waals surface area (Å²) in [6.45, 7) is 0. The summed E-state index contributed by atoms with van der Waals surface area (Å²) in [6, 6.07) is 21.0. The number of aromatic nitrogens is 4. The molecule has 0 aliphatic rings. The Labute approximate surface area is 198 Å². The summed E-state index contributed by atoms with van der Waals surface area (Å²) in [7, 11) is 0. The Bertz CT molecular complexity index is 1080. The van der Waals surface area contributed by atoms with E-state index in [1.165, 1.54) is 6.07 Å². The van der Waals surface area contributed by atoms with Crippen molar-refractivity contribution in [3.63, 3.8) is 0 Å². The topological polar surface area (TPSA) is 195 Å². The molecule has 11 heteroatoms. The second-order valence-electron chi connectivity index (χ2n) is 5.82. The molecule has 4 heterocycles. The second-order valence-corrected chi connectivity index (χ2v) is 5.82. The third-order valence-electron chi connectivity index (χ3n) is 3.77. The molecular formula is C22H18N4NiO6. The molecule has 0 radical (unpaired) electrons. The fourth-order valence-electron chi connectivity index (χ4n) is 2.41. The summed E-state index contributed by atoms with van der Waals surface area (Å²) in [5, 5.41) is 20.4. The first-order valence-corrected chi connectivity index (χ1v) is 8.74. The van der Waals surface area contributed by atoms with Crippen LogP contribution in [0.2, 0.25) is 0 Å². The van der Waals surface area contributed by atoms with Crippen molar-refractivity contribution < 1.29 is 47.2 Å². The number of pyridine rings is 4. The minimum atomic E-state index is -1.52. The third kappa shape index (κ3) is 8.19. The van der Waals surface area contributed by atoms with Crippen LogP contribution >= 0.6 is 0 Å². The van der Waals surface area contributed by atoms with Gasteiger partial charge in [0.2, 0.25) is 0 Å². The Balaban J connectivity index is 0.000000610. The molecule has 4 rings (SSSR count). The normalized spacial score (nSPS) is 8.97. The molecule has 4 N–H and O–H groups in total. The van der Waals surface area contributed by atoms with E-state index in [0.29, 0.717) is 0 Å². The van der Waals surface area contributed by atoms with Gasteiger partial charge >= 0.3 is 16.5 Å². The molecule has 0 spiro atoms. The molecule has 10 nitrogen and oxygen atoms in total. The fourth-order valence-corrected chi connectivity index (χ4v) is 2.41. The van der Waals surface area contributed by atoms with Crippen LogP contribution in [-0.2, 0) is 16.5 Å². The summed E-state index contributed by atoms with van der Waals surface area (Å²) in [4.78, 5) is 36.8. The van der Waals surface area contributed by atoms with Crippen molar-refractivity contribution in [2.45, 2.75) is 0 Å². The van der Waals surface area contributed by atoms with Crippen LogP contribution in [-0.4, -0.2) is 42.8 Å². The quantitative estimate of drug-likeness (QED) is 0.335. The molecule has 4 aromatic rings. The number of hydrogen-bond acceptors (Lipinski definition) is 8. The minimum Gasteiger partial charge on any atom is -0.543 e. The van der Waals surface area contributed by atoms with Crippen molar-refractivity contribution in [2.24, 2.45) is 0 Å². The molecule has 0 atom stereocenters. The van der Waals surface area contributed by atoms with E-state index in [9.17, 15) is 19.8 Å². The van der Waals surface area contributed by atoms with E-state index < -0.39 is 23.3 Å². The molecule has 0 aliphatic heterocycles. The van der Waals surface area contributed by atoms with Crippen molar-refractivity contribution in [1.29, 1.82) is 0 Å². The van der Waals surface area contributed by atoms with E-state index in [-0.39, 0.29) is 27.4 Å². The van der Waals surface area contributed by atoms with Crippen LogP contribution in [0.1, 0.15) is 21.0 Å². The fraction of sp³-hybridized carbons (Fsp3) is 0. The van der Waals surface area contributed by atoms with Gasteiger partial charge in [-0.15, -0.1) is 0 Å². The maximum absolute atomic E-state index is 10.2. The number of carbonyl (C=O) groups excluding carboxylic acids is 2. The molecule has 0 aromatic carbocycles. The number of nitrogens with zero attached hydrogens (tertiary/aromatic N) is 4. The first-order chi connectivity index (χ1) is 14.5. The van der Waals surface area contributed by atoms with Crippen molar-refractivity contribution in [2.75, 3.05) is 0 Å². The van der Waals surface area contributed by atoms with Gasteiger partial charge in [0, 0.05) is 12.4 Å². The molecule has 172 valence electrons. The summed E-state index contributed by atoms with van der Waals surface area (Å²) >= 11 is 0. The van der Waals surface area contributed by atoms with Crippen molar-refractivity contribution in [1.82, 2.24) is 19.9 Å². The Morgan fingerprint density at radius 1 is 0.545 bits per heavy atom. The number of aromatic carboxylic acids is 2. The molecule has 0 unspecified atom stereocenters. The molecule has 0 bridgehead atoms. The summed E-state index contributed by atoms with van der Waals surface area (Å²) in [5.74, 6) is -3.03. The van der Waals surface area contributed by atoms with Crippen LogP contribution in [0.15, 0.2) is 85.2 Å². The van der Waals surface area contributed by atoms with Gasteiger partial charge in [-0.25, -0.2) is 9.97 Å². The molecule has 0 amide bonds. The van der Waals surface area contributed by atoms with Crippen molar-refractivity contribution in [3.05, 3.63) is 96.6 Å². The molecule has 4 aromatic heterocycles. The first-order valence-electron chi connectivity index (χ1n) is 8.74. The van der Waals surface area contributed by atoms with Gasteiger partial charge in [-0.05, 0) is 48.5 Å². The average molecular weight is 493 g/mol. The molecule has 33 heavy (non-hydrogen) atoms. The van der Waals surface area contributed by atoms with E-state index in [4.69, 9.17) is 0 Å². The number of carboxylic acid groups (broad SMARTS) is 2. The smallest absolute Gasteiger partial charge is 0.543 e. The Hall–Kier alpha value is -4.05. The summed E-state index contributed by atoms with van der Waals surface area (Å²) in [6.07, 6.45) is 3.54. The van der Waals surface area contributed by atoms with Crippen LogP contribution < -0.4 is 10.2 Å². The standard InChI is InChI=1S/C15H11N3.C7H5NO4.Ni.2H2O/c1-3-10-16-12(6-1)14-8-5-9-15(18-14)13-7-2-4-11-17-13;9-6(10)4-2-1-3-5(8-4)7(11)12;;;/h1-11H;1-3H,(H,9,10)(H,11,12);;2*1H2/q;;+2;;/p-2. The van der Waals surface area contributed by atoms with Gasteiger partial charge in [-0.3, -0.25) is 9.97 Å². The van der Waals surface area contributed by atoms with Gasteiger partial charge in [0.25, 0.3) is 0 Å². The van der Waals surface area contributed by atoms with Crippen LogP contribution in [0.5, 0.6) is 0 Å². The predicted octanol–water partition coefficient (Wildman–Crippen LogP) is -0.638. The van der Waals surface area contributed by atoms with Gasteiger partial charge in [0.15, 0.2) is 0 Å². The van der Waals surface area contributed by atoms with Crippen LogP contribution in [0, 0.1) is 0 Å². The third-order valence-corrected chi connectivity index (χ3v) is 3.77. The van der Waals surface area contributed by atoms with E-state index >= 15 is 0 Å². The van der Waals surface area contributed by atoms with E-state index in [1.807, 2.05) is 54.6 Å². The zero-order valence-corrected chi connectivity index (χ0v) is 17.8. The molecule has 0 saturated heterocycles. The Morgan fingerprint density at radius 2 is 0.939 bits per heavy atom. The molecule has 0 fully saturated rings. The number of carboxylic acids is 2. The number of carbonyl (C=O) groups is 2. The van der Waals surface area contributed by atoms with Crippen molar-refractivity contribution in [3.8, 4) is 22.8 Å². The molecule has 0 saturated carbocycles. The Morgan fingerprint density at radius 3 is 1.30 bits per heavy atom. The number of rotatable bonds is 4. The predicted molar refractivity (Wildman–Crippen MR) is 111 cm³/mol. The zero-order valence-electron chi connectivity index (χ0n) is 16.8. The zero-order chi connectivity index (χ0) is 21.3. The first kappa shape index (κ1) is 29.0.